The summed E-state index contributed by atoms with van der Waals surface area (Å²) in [5.41, 5.74) is 0.363. The maximum atomic E-state index is 11.8. The molecule has 17 heavy (non-hydrogen) atoms. The van der Waals surface area contributed by atoms with E-state index in [1.54, 1.807) is 0 Å². The smallest absolute Gasteiger partial charge is 0.309 e. The predicted molar refractivity (Wildman–Crippen MR) is 66.4 cm³/mol. The molecule has 5 atom stereocenters. The Morgan fingerprint density at radius 3 is 2.88 bits per heavy atom. The highest BCUT2D eigenvalue weighted by Gasteiger charge is 2.60. The lowest BCUT2D eigenvalue weighted by atomic mass is 9.50. The van der Waals surface area contributed by atoms with Gasteiger partial charge in [-0.1, -0.05) is 32.9 Å². The first kappa shape index (κ1) is 11.3. The summed E-state index contributed by atoms with van der Waals surface area (Å²) in [5.74, 6) is 0.546. The van der Waals surface area contributed by atoms with E-state index >= 15 is 0 Å². The Balaban J connectivity index is 2.03. The van der Waals surface area contributed by atoms with Crippen molar-refractivity contribution >= 4 is 5.97 Å². The summed E-state index contributed by atoms with van der Waals surface area (Å²) in [5, 5.41) is 0. The minimum Gasteiger partial charge on any atom is -0.461 e. The molecule has 0 unspecified atom stereocenters. The van der Waals surface area contributed by atoms with Gasteiger partial charge in [0.15, 0.2) is 0 Å². The van der Waals surface area contributed by atoms with Crippen LogP contribution in [0.1, 0.15) is 46.5 Å². The van der Waals surface area contributed by atoms with Gasteiger partial charge in [0.25, 0.3) is 0 Å². The third kappa shape index (κ3) is 1.30. The van der Waals surface area contributed by atoms with Crippen molar-refractivity contribution in [2.75, 3.05) is 0 Å². The van der Waals surface area contributed by atoms with Crippen molar-refractivity contribution in [2.24, 2.45) is 22.7 Å². The highest BCUT2D eigenvalue weighted by molar-refractivity contribution is 5.75. The fourth-order valence-corrected chi connectivity index (χ4v) is 4.24. The van der Waals surface area contributed by atoms with Crippen LogP contribution in [0.4, 0.5) is 0 Å². The van der Waals surface area contributed by atoms with Gasteiger partial charge in [-0.05, 0) is 31.1 Å². The van der Waals surface area contributed by atoms with Crippen LogP contribution in [0.2, 0.25) is 0 Å². The van der Waals surface area contributed by atoms with Gasteiger partial charge in [0.05, 0.1) is 5.92 Å². The van der Waals surface area contributed by atoms with Crippen molar-refractivity contribution in [1.82, 2.24) is 0 Å². The Morgan fingerprint density at radius 2 is 2.12 bits per heavy atom. The fraction of sp³-hybridized carbons (Fsp3) is 0.800. The number of hydrogen-bond acceptors (Lipinski definition) is 2. The standard InChI is InChI=1S/C15H22O2/c1-10-11-6-9-14(2)7-4-5-8-15(14,3)12(11)17-13(10)16/h5,8,10-12H,4,6-7,9H2,1-3H3/t10-,11-,12+,14-,15-/m1/s1. The summed E-state index contributed by atoms with van der Waals surface area (Å²) in [6, 6.07) is 0. The Kier molecular flexibility index (Phi) is 2.24. The SMILES string of the molecule is C[C@H]1C(=O)O[C@H]2[C@@H]1CC[C@@]1(C)CCC=C[C@]21C. The molecule has 1 saturated heterocycles. The van der Waals surface area contributed by atoms with Crippen LogP contribution < -0.4 is 0 Å². The predicted octanol–water partition coefficient (Wildman–Crippen LogP) is 3.32. The van der Waals surface area contributed by atoms with Gasteiger partial charge in [-0.25, -0.2) is 0 Å². The van der Waals surface area contributed by atoms with Crippen molar-refractivity contribution in [3.8, 4) is 0 Å². The van der Waals surface area contributed by atoms with E-state index in [4.69, 9.17) is 4.74 Å². The summed E-state index contributed by atoms with van der Waals surface area (Å²) in [6.45, 7) is 6.71. The number of rotatable bonds is 0. The number of ether oxygens (including phenoxy) is 1. The van der Waals surface area contributed by atoms with Crippen molar-refractivity contribution < 1.29 is 9.53 Å². The number of allylic oxidation sites excluding steroid dienone is 1. The van der Waals surface area contributed by atoms with Crippen LogP contribution >= 0.6 is 0 Å². The second kappa shape index (κ2) is 3.37. The number of carbonyl (C=O) groups excluding carboxylic acids is 1. The molecule has 1 heterocycles. The molecule has 2 heteroatoms. The third-order valence-electron chi connectivity index (χ3n) is 5.89. The Morgan fingerprint density at radius 1 is 1.35 bits per heavy atom. The molecular formula is C15H22O2. The average molecular weight is 234 g/mol. The second-order valence-corrected chi connectivity index (χ2v) is 6.63. The van der Waals surface area contributed by atoms with Crippen molar-refractivity contribution in [2.45, 2.75) is 52.6 Å². The lowest BCUT2D eigenvalue weighted by Crippen LogP contribution is -2.52. The van der Waals surface area contributed by atoms with E-state index in [0.29, 0.717) is 11.3 Å². The van der Waals surface area contributed by atoms with E-state index in [9.17, 15) is 4.79 Å². The van der Waals surface area contributed by atoms with E-state index in [-0.39, 0.29) is 23.4 Å². The number of hydrogen-bond donors (Lipinski definition) is 0. The Labute approximate surface area is 103 Å². The van der Waals surface area contributed by atoms with Crippen LogP contribution in [0, 0.1) is 22.7 Å². The van der Waals surface area contributed by atoms with Gasteiger partial charge >= 0.3 is 5.97 Å². The van der Waals surface area contributed by atoms with Crippen molar-refractivity contribution in [3.63, 3.8) is 0 Å². The molecule has 2 nitrogen and oxygen atoms in total. The minimum absolute atomic E-state index is 0.0180. The van der Waals surface area contributed by atoms with E-state index in [1.165, 1.54) is 19.3 Å². The topological polar surface area (TPSA) is 26.3 Å². The van der Waals surface area contributed by atoms with Gasteiger partial charge in [0, 0.05) is 11.3 Å². The molecule has 0 bridgehead atoms. The van der Waals surface area contributed by atoms with Crippen LogP contribution in [0.25, 0.3) is 0 Å². The molecule has 2 fully saturated rings. The van der Waals surface area contributed by atoms with Gasteiger partial charge in [-0.15, -0.1) is 0 Å². The minimum atomic E-state index is 0.0180. The molecule has 3 aliphatic rings. The zero-order chi connectivity index (χ0) is 12.3. The van der Waals surface area contributed by atoms with Crippen LogP contribution in [0.5, 0.6) is 0 Å². The second-order valence-electron chi connectivity index (χ2n) is 6.63. The van der Waals surface area contributed by atoms with E-state index < -0.39 is 0 Å². The number of fused-ring (bicyclic) bond motifs is 3. The first-order chi connectivity index (χ1) is 7.98. The highest BCUT2D eigenvalue weighted by atomic mass is 16.6. The summed E-state index contributed by atoms with van der Waals surface area (Å²) in [7, 11) is 0. The monoisotopic (exact) mass is 234 g/mol. The first-order valence-corrected chi connectivity index (χ1v) is 6.86. The van der Waals surface area contributed by atoms with Gasteiger partial charge < -0.3 is 4.74 Å². The van der Waals surface area contributed by atoms with Crippen LogP contribution in [0.3, 0.4) is 0 Å². The lowest BCUT2D eigenvalue weighted by Gasteiger charge is -2.55. The zero-order valence-corrected chi connectivity index (χ0v) is 11.0. The Bertz CT molecular complexity index is 386. The molecular weight excluding hydrogens is 212 g/mol. The summed E-state index contributed by atoms with van der Waals surface area (Å²) in [4.78, 5) is 11.8. The molecule has 94 valence electrons. The van der Waals surface area contributed by atoms with Crippen LogP contribution in [-0.4, -0.2) is 12.1 Å². The molecule has 0 N–H and O–H groups in total. The normalized spacial score (nSPS) is 52.9. The molecule has 0 amide bonds. The van der Waals surface area contributed by atoms with E-state index in [2.05, 4.69) is 26.0 Å². The third-order valence-corrected chi connectivity index (χ3v) is 5.89. The van der Waals surface area contributed by atoms with Gasteiger partial charge in [-0.2, -0.15) is 0 Å². The molecule has 0 aromatic carbocycles. The summed E-state index contributed by atoms with van der Waals surface area (Å²) < 4.78 is 5.73. The molecule has 0 spiro atoms. The van der Waals surface area contributed by atoms with Crippen LogP contribution in [-0.2, 0) is 9.53 Å². The zero-order valence-electron chi connectivity index (χ0n) is 11.0. The maximum absolute atomic E-state index is 11.8. The van der Waals surface area contributed by atoms with Crippen molar-refractivity contribution in [1.29, 1.82) is 0 Å². The summed E-state index contributed by atoms with van der Waals surface area (Å²) in [6.07, 6.45) is 9.51. The number of carbonyl (C=O) groups is 1. The average Bonchev–Trinajstić information content (AvgIpc) is 2.58. The van der Waals surface area contributed by atoms with Crippen molar-refractivity contribution in [3.05, 3.63) is 12.2 Å². The number of esters is 1. The highest BCUT2D eigenvalue weighted by Crippen LogP contribution is 2.61. The molecule has 0 radical (unpaired) electrons. The molecule has 1 aliphatic heterocycles. The van der Waals surface area contributed by atoms with E-state index in [1.807, 2.05) is 6.92 Å². The van der Waals surface area contributed by atoms with Gasteiger partial charge in [0.2, 0.25) is 0 Å². The largest absolute Gasteiger partial charge is 0.461 e. The molecule has 3 rings (SSSR count). The summed E-state index contributed by atoms with van der Waals surface area (Å²) >= 11 is 0. The van der Waals surface area contributed by atoms with Crippen LogP contribution in [0.15, 0.2) is 12.2 Å². The molecule has 0 aromatic heterocycles. The van der Waals surface area contributed by atoms with E-state index in [0.717, 1.165) is 6.42 Å². The van der Waals surface area contributed by atoms with Gasteiger partial charge in [-0.3, -0.25) is 4.79 Å². The molecule has 1 saturated carbocycles. The Hall–Kier alpha value is -0.790. The first-order valence-electron chi connectivity index (χ1n) is 6.86. The van der Waals surface area contributed by atoms with Gasteiger partial charge in [0.1, 0.15) is 6.10 Å². The molecule has 0 aromatic rings. The maximum Gasteiger partial charge on any atom is 0.309 e. The molecule has 2 aliphatic carbocycles. The quantitative estimate of drug-likeness (QED) is 0.475. The fourth-order valence-electron chi connectivity index (χ4n) is 4.24. The lowest BCUT2D eigenvalue weighted by molar-refractivity contribution is -0.154.